The van der Waals surface area contributed by atoms with Crippen molar-refractivity contribution in [2.75, 3.05) is 13.7 Å². The van der Waals surface area contributed by atoms with Crippen LogP contribution >= 0.6 is 0 Å². The maximum Gasteiger partial charge on any atom is 0.407 e. The van der Waals surface area contributed by atoms with Crippen LogP contribution in [0.5, 0.6) is 0 Å². The number of amides is 1. The predicted molar refractivity (Wildman–Crippen MR) is 80.0 cm³/mol. The van der Waals surface area contributed by atoms with Crippen LogP contribution in [0.4, 0.5) is 4.79 Å². The first-order valence-corrected chi connectivity index (χ1v) is 7.53. The van der Waals surface area contributed by atoms with Crippen LogP contribution in [0, 0.1) is 5.92 Å². The Labute approximate surface area is 126 Å². The smallest absolute Gasteiger partial charge is 0.407 e. The molecule has 0 saturated heterocycles. The summed E-state index contributed by atoms with van der Waals surface area (Å²) in [6.45, 7) is 7.86. The highest BCUT2D eigenvalue weighted by Crippen LogP contribution is 2.25. The summed E-state index contributed by atoms with van der Waals surface area (Å²) in [6, 6.07) is -0.115. The summed E-state index contributed by atoms with van der Waals surface area (Å²) in [5.74, 6) is 0.0466. The van der Waals surface area contributed by atoms with Gasteiger partial charge in [0.25, 0.3) is 0 Å². The average molecular weight is 300 g/mol. The van der Waals surface area contributed by atoms with Crippen LogP contribution in [-0.4, -0.2) is 43.4 Å². The molecule has 2 N–H and O–H groups in total. The average Bonchev–Trinajstić information content (AvgIpc) is 2.80. The van der Waals surface area contributed by atoms with Crippen LogP contribution in [-0.2, 0) is 14.3 Å². The van der Waals surface area contributed by atoms with Gasteiger partial charge in [-0.05, 0) is 46.5 Å². The van der Waals surface area contributed by atoms with Crippen molar-refractivity contribution >= 4 is 12.1 Å². The van der Waals surface area contributed by atoms with Crippen molar-refractivity contribution < 1.29 is 19.1 Å². The number of hydrogen-bond acceptors (Lipinski definition) is 5. The van der Waals surface area contributed by atoms with Gasteiger partial charge in [-0.3, -0.25) is 4.79 Å². The topological polar surface area (TPSA) is 76.7 Å². The molecule has 0 aromatic heterocycles. The maximum atomic E-state index is 11.7. The Bertz CT molecular complexity index is 365. The Balaban J connectivity index is 2.40. The Morgan fingerprint density at radius 1 is 1.29 bits per heavy atom. The minimum absolute atomic E-state index is 0.217. The molecule has 1 aliphatic carbocycles. The largest absolute Gasteiger partial charge is 0.468 e. The van der Waals surface area contributed by atoms with E-state index in [1.165, 1.54) is 7.11 Å². The number of carbonyl (C=O) groups is 2. The van der Waals surface area contributed by atoms with E-state index < -0.39 is 11.7 Å². The molecule has 6 nitrogen and oxygen atoms in total. The number of hydrogen-bond donors (Lipinski definition) is 2. The summed E-state index contributed by atoms with van der Waals surface area (Å²) in [6.07, 6.45) is 2.73. The minimum atomic E-state index is -0.489. The standard InChI is InChI=1S/C15H28N2O4/c1-10(13(18)20-5)17-12-8-6-7-11(12)9-16-14(19)21-15(2,3)4/h10-12,17H,6-9H2,1-5H3,(H,16,19). The van der Waals surface area contributed by atoms with E-state index in [4.69, 9.17) is 9.47 Å². The summed E-state index contributed by atoms with van der Waals surface area (Å²) in [7, 11) is 1.39. The molecule has 1 amide bonds. The zero-order chi connectivity index (χ0) is 16.0. The Hall–Kier alpha value is -1.30. The number of nitrogens with one attached hydrogen (secondary N) is 2. The lowest BCUT2D eigenvalue weighted by Crippen LogP contribution is -2.46. The third-order valence-corrected chi connectivity index (χ3v) is 3.59. The summed E-state index contributed by atoms with van der Waals surface area (Å²) >= 11 is 0. The van der Waals surface area contributed by atoms with Crippen molar-refractivity contribution in [2.24, 2.45) is 5.92 Å². The Morgan fingerprint density at radius 2 is 1.95 bits per heavy atom. The number of ether oxygens (including phenoxy) is 2. The van der Waals surface area contributed by atoms with Crippen LogP contribution in [0.2, 0.25) is 0 Å². The normalized spacial score (nSPS) is 23.5. The summed E-state index contributed by atoms with van der Waals surface area (Å²) in [5.41, 5.74) is -0.489. The zero-order valence-corrected chi connectivity index (χ0v) is 13.7. The van der Waals surface area contributed by atoms with Gasteiger partial charge in [-0.1, -0.05) is 6.42 Å². The summed E-state index contributed by atoms with van der Waals surface area (Å²) in [5, 5.41) is 6.10. The van der Waals surface area contributed by atoms with E-state index >= 15 is 0 Å². The SMILES string of the molecule is COC(=O)C(C)NC1CCCC1CNC(=O)OC(C)(C)C. The van der Waals surface area contributed by atoms with Crippen LogP contribution in [0.1, 0.15) is 47.0 Å². The first kappa shape index (κ1) is 17.8. The van der Waals surface area contributed by atoms with E-state index in [-0.39, 0.29) is 18.1 Å². The highest BCUT2D eigenvalue weighted by atomic mass is 16.6. The molecule has 0 aromatic rings. The molecule has 0 heterocycles. The second-order valence-corrected chi connectivity index (χ2v) is 6.59. The molecule has 3 atom stereocenters. The lowest BCUT2D eigenvalue weighted by atomic mass is 10.0. The third kappa shape index (κ3) is 6.33. The van der Waals surface area contributed by atoms with Gasteiger partial charge in [0.15, 0.2) is 0 Å². The number of esters is 1. The van der Waals surface area contributed by atoms with Crippen molar-refractivity contribution in [2.45, 2.75) is 64.6 Å². The predicted octanol–water partition coefficient (Wildman–Crippen LogP) is 1.83. The van der Waals surface area contributed by atoms with E-state index in [9.17, 15) is 9.59 Å². The van der Waals surface area contributed by atoms with E-state index in [2.05, 4.69) is 10.6 Å². The molecule has 1 aliphatic rings. The summed E-state index contributed by atoms with van der Waals surface area (Å²) in [4.78, 5) is 23.1. The quantitative estimate of drug-likeness (QED) is 0.758. The monoisotopic (exact) mass is 300 g/mol. The second kappa shape index (κ2) is 7.64. The third-order valence-electron chi connectivity index (χ3n) is 3.59. The molecule has 0 aromatic carbocycles. The molecule has 1 saturated carbocycles. The first-order chi connectivity index (χ1) is 9.73. The van der Waals surface area contributed by atoms with Crippen molar-refractivity contribution in [1.82, 2.24) is 10.6 Å². The lowest BCUT2D eigenvalue weighted by molar-refractivity contribution is -0.142. The molecule has 0 radical (unpaired) electrons. The van der Waals surface area contributed by atoms with Crippen LogP contribution < -0.4 is 10.6 Å². The molecule has 1 fully saturated rings. The molecular weight excluding hydrogens is 272 g/mol. The van der Waals surface area contributed by atoms with Gasteiger partial charge in [0, 0.05) is 12.6 Å². The molecule has 0 spiro atoms. The second-order valence-electron chi connectivity index (χ2n) is 6.59. The molecule has 0 bridgehead atoms. The van der Waals surface area contributed by atoms with Gasteiger partial charge < -0.3 is 20.1 Å². The van der Waals surface area contributed by atoms with Crippen LogP contribution in [0.25, 0.3) is 0 Å². The fraction of sp³-hybridized carbons (Fsp3) is 0.867. The van der Waals surface area contributed by atoms with Crippen LogP contribution in [0.15, 0.2) is 0 Å². The van der Waals surface area contributed by atoms with Crippen LogP contribution in [0.3, 0.4) is 0 Å². The van der Waals surface area contributed by atoms with Gasteiger partial charge in [-0.15, -0.1) is 0 Å². The fourth-order valence-electron chi connectivity index (χ4n) is 2.60. The zero-order valence-electron chi connectivity index (χ0n) is 13.7. The number of methoxy groups -OCH3 is 1. The molecule has 0 aliphatic heterocycles. The maximum absolute atomic E-state index is 11.7. The molecule has 1 rings (SSSR count). The van der Waals surface area contributed by atoms with Crippen molar-refractivity contribution in [3.63, 3.8) is 0 Å². The summed E-state index contributed by atoms with van der Waals surface area (Å²) < 4.78 is 9.94. The first-order valence-electron chi connectivity index (χ1n) is 7.53. The van der Waals surface area contributed by atoms with E-state index in [1.54, 1.807) is 6.92 Å². The molecule has 21 heavy (non-hydrogen) atoms. The van der Waals surface area contributed by atoms with Gasteiger partial charge in [0.1, 0.15) is 11.6 Å². The van der Waals surface area contributed by atoms with Crippen molar-refractivity contribution in [3.05, 3.63) is 0 Å². The van der Waals surface area contributed by atoms with E-state index in [0.29, 0.717) is 12.5 Å². The van der Waals surface area contributed by atoms with Gasteiger partial charge in [-0.25, -0.2) is 4.79 Å². The fourth-order valence-corrected chi connectivity index (χ4v) is 2.60. The van der Waals surface area contributed by atoms with Gasteiger partial charge in [0.2, 0.25) is 0 Å². The highest BCUT2D eigenvalue weighted by molar-refractivity contribution is 5.75. The molecule has 3 unspecified atom stereocenters. The Morgan fingerprint density at radius 3 is 2.52 bits per heavy atom. The van der Waals surface area contributed by atoms with E-state index in [0.717, 1.165) is 19.3 Å². The van der Waals surface area contributed by atoms with E-state index in [1.807, 2.05) is 20.8 Å². The Kier molecular flexibility index (Phi) is 6.45. The van der Waals surface area contributed by atoms with Crippen molar-refractivity contribution in [1.29, 1.82) is 0 Å². The molecular formula is C15H28N2O4. The number of carbonyl (C=O) groups excluding carboxylic acids is 2. The lowest BCUT2D eigenvalue weighted by Gasteiger charge is -2.25. The number of rotatable bonds is 5. The molecule has 122 valence electrons. The molecule has 6 heteroatoms. The highest BCUT2D eigenvalue weighted by Gasteiger charge is 2.30. The van der Waals surface area contributed by atoms with Gasteiger partial charge in [0.05, 0.1) is 7.11 Å². The number of alkyl carbamates (subject to hydrolysis) is 1. The minimum Gasteiger partial charge on any atom is -0.468 e. The van der Waals surface area contributed by atoms with Crippen molar-refractivity contribution in [3.8, 4) is 0 Å². The van der Waals surface area contributed by atoms with Gasteiger partial charge >= 0.3 is 12.1 Å². The van der Waals surface area contributed by atoms with Gasteiger partial charge in [-0.2, -0.15) is 0 Å².